The SMILES string of the molecule is Cc1nc2cc(OC[C@H](O)CN3CCN(CC(=O)N[C@@H](C)c4ccc(F)cc4)CC3)ccc2s1. The molecule has 0 bridgehead atoms. The number of aliphatic hydroxyl groups is 1. The maximum atomic E-state index is 13.1. The van der Waals surface area contributed by atoms with Gasteiger partial charge in [-0.3, -0.25) is 14.6 Å². The van der Waals surface area contributed by atoms with Crippen LogP contribution in [0.1, 0.15) is 23.5 Å². The van der Waals surface area contributed by atoms with E-state index < -0.39 is 6.10 Å². The van der Waals surface area contributed by atoms with Crippen molar-refractivity contribution >= 4 is 27.5 Å². The summed E-state index contributed by atoms with van der Waals surface area (Å²) in [7, 11) is 0. The fourth-order valence-corrected chi connectivity index (χ4v) is 4.92. The number of β-amino-alcohol motifs (C(OH)–C–C–N with tert-alkyl or cyclic N) is 1. The molecule has 2 atom stereocenters. The summed E-state index contributed by atoms with van der Waals surface area (Å²) in [4.78, 5) is 21.2. The van der Waals surface area contributed by atoms with Gasteiger partial charge in [-0.15, -0.1) is 11.3 Å². The lowest BCUT2D eigenvalue weighted by Crippen LogP contribution is -2.51. The molecule has 0 saturated carbocycles. The van der Waals surface area contributed by atoms with Crippen LogP contribution in [0.3, 0.4) is 0 Å². The van der Waals surface area contributed by atoms with Gasteiger partial charge in [0.05, 0.1) is 27.8 Å². The summed E-state index contributed by atoms with van der Waals surface area (Å²) in [5, 5.41) is 14.4. The number of aromatic nitrogens is 1. The Balaban J connectivity index is 1.15. The second kappa shape index (κ2) is 11.2. The van der Waals surface area contributed by atoms with Crippen molar-refractivity contribution in [3.8, 4) is 5.75 Å². The van der Waals surface area contributed by atoms with Crippen LogP contribution in [0.25, 0.3) is 10.2 Å². The normalized spacial score (nSPS) is 16.9. The fraction of sp³-hybridized carbons (Fsp3) is 0.440. The van der Waals surface area contributed by atoms with Gasteiger partial charge >= 0.3 is 0 Å². The average molecular weight is 487 g/mol. The van der Waals surface area contributed by atoms with Gasteiger partial charge in [0.15, 0.2) is 0 Å². The molecule has 1 aromatic heterocycles. The summed E-state index contributed by atoms with van der Waals surface area (Å²) >= 11 is 1.65. The highest BCUT2D eigenvalue weighted by Gasteiger charge is 2.22. The number of carbonyl (C=O) groups excluding carboxylic acids is 1. The van der Waals surface area contributed by atoms with Crippen molar-refractivity contribution in [2.45, 2.75) is 26.0 Å². The van der Waals surface area contributed by atoms with E-state index in [9.17, 15) is 14.3 Å². The Bertz CT molecular complexity index is 1100. The monoisotopic (exact) mass is 486 g/mol. The number of aliphatic hydroxyl groups excluding tert-OH is 1. The second-order valence-electron chi connectivity index (χ2n) is 8.74. The van der Waals surface area contributed by atoms with Gasteiger partial charge in [-0.25, -0.2) is 9.37 Å². The molecule has 0 aliphatic carbocycles. The smallest absolute Gasteiger partial charge is 0.234 e. The third kappa shape index (κ3) is 6.73. The van der Waals surface area contributed by atoms with Crippen LogP contribution in [0.15, 0.2) is 42.5 Å². The van der Waals surface area contributed by atoms with Crippen LogP contribution in [-0.4, -0.2) is 77.8 Å². The molecule has 1 aliphatic heterocycles. The van der Waals surface area contributed by atoms with Gasteiger partial charge in [0.25, 0.3) is 0 Å². The number of hydrogen-bond donors (Lipinski definition) is 2. The van der Waals surface area contributed by atoms with Crippen LogP contribution in [0.5, 0.6) is 5.75 Å². The van der Waals surface area contributed by atoms with E-state index in [2.05, 4.69) is 20.1 Å². The highest BCUT2D eigenvalue weighted by molar-refractivity contribution is 7.18. The first-order valence-electron chi connectivity index (χ1n) is 11.5. The molecule has 2 N–H and O–H groups in total. The molecular weight excluding hydrogens is 455 g/mol. The molecule has 1 fully saturated rings. The number of thiazole rings is 1. The first kappa shape index (κ1) is 24.5. The number of piperazine rings is 1. The van der Waals surface area contributed by atoms with Crippen molar-refractivity contribution < 1.29 is 19.0 Å². The molecule has 0 spiro atoms. The summed E-state index contributed by atoms with van der Waals surface area (Å²) in [6.45, 7) is 8.02. The van der Waals surface area contributed by atoms with Crippen molar-refractivity contribution in [2.24, 2.45) is 0 Å². The van der Waals surface area contributed by atoms with Crippen LogP contribution in [-0.2, 0) is 4.79 Å². The van der Waals surface area contributed by atoms with Gasteiger partial charge in [-0.2, -0.15) is 0 Å². The summed E-state index contributed by atoms with van der Waals surface area (Å²) in [5.41, 5.74) is 1.79. The predicted octanol–water partition coefficient (Wildman–Crippen LogP) is 2.98. The van der Waals surface area contributed by atoms with E-state index in [1.54, 1.807) is 23.5 Å². The van der Waals surface area contributed by atoms with E-state index in [1.165, 1.54) is 12.1 Å². The Morgan fingerprint density at radius 3 is 2.62 bits per heavy atom. The third-order valence-corrected chi connectivity index (χ3v) is 6.91. The van der Waals surface area contributed by atoms with Gasteiger partial charge in [0.2, 0.25) is 5.91 Å². The van der Waals surface area contributed by atoms with E-state index in [-0.39, 0.29) is 24.4 Å². The van der Waals surface area contributed by atoms with Gasteiger partial charge in [-0.05, 0) is 43.7 Å². The summed E-state index contributed by atoms with van der Waals surface area (Å²) in [6, 6.07) is 11.8. The maximum Gasteiger partial charge on any atom is 0.234 e. The summed E-state index contributed by atoms with van der Waals surface area (Å²) < 4.78 is 20.0. The third-order valence-electron chi connectivity index (χ3n) is 5.96. The molecule has 1 aliphatic rings. The molecule has 34 heavy (non-hydrogen) atoms. The molecule has 9 heteroatoms. The van der Waals surface area contributed by atoms with Crippen LogP contribution < -0.4 is 10.1 Å². The van der Waals surface area contributed by atoms with Crippen molar-refractivity contribution in [3.05, 3.63) is 58.9 Å². The van der Waals surface area contributed by atoms with Crippen molar-refractivity contribution in [1.82, 2.24) is 20.1 Å². The number of carbonyl (C=O) groups is 1. The molecule has 1 amide bonds. The van der Waals surface area contributed by atoms with Crippen molar-refractivity contribution in [2.75, 3.05) is 45.9 Å². The Morgan fingerprint density at radius 1 is 1.18 bits per heavy atom. The van der Waals surface area contributed by atoms with E-state index in [0.29, 0.717) is 18.8 Å². The molecule has 2 heterocycles. The van der Waals surface area contributed by atoms with Crippen LogP contribution in [0.2, 0.25) is 0 Å². The second-order valence-corrected chi connectivity index (χ2v) is 9.98. The Labute approximate surface area is 203 Å². The van der Waals surface area contributed by atoms with E-state index in [0.717, 1.165) is 47.0 Å². The Kier molecular flexibility index (Phi) is 8.10. The average Bonchev–Trinajstić information content (AvgIpc) is 3.18. The standard InChI is InChI=1S/C25H31FN4O3S/c1-17(19-3-5-20(26)6-4-19)27-25(32)15-30-11-9-29(10-12-30)14-21(31)16-33-22-7-8-24-23(13-22)28-18(2)34-24/h3-8,13,17,21,31H,9-12,14-16H2,1-2H3,(H,27,32)/t17-,21+/m0/s1. The van der Waals surface area contributed by atoms with Crippen molar-refractivity contribution in [3.63, 3.8) is 0 Å². The maximum absolute atomic E-state index is 13.1. The predicted molar refractivity (Wildman–Crippen MR) is 132 cm³/mol. The number of aryl methyl sites for hydroxylation is 1. The number of amides is 1. The number of ether oxygens (including phenoxy) is 1. The van der Waals surface area contributed by atoms with Gasteiger partial charge < -0.3 is 15.2 Å². The zero-order valence-corrected chi connectivity index (χ0v) is 20.4. The minimum absolute atomic E-state index is 0.0500. The van der Waals surface area contributed by atoms with Gasteiger partial charge in [0.1, 0.15) is 24.3 Å². The first-order chi connectivity index (χ1) is 16.4. The first-order valence-corrected chi connectivity index (χ1v) is 12.3. The highest BCUT2D eigenvalue weighted by Crippen LogP contribution is 2.25. The number of rotatable bonds is 9. The largest absolute Gasteiger partial charge is 0.491 e. The molecule has 1 saturated heterocycles. The molecule has 182 valence electrons. The number of nitrogens with one attached hydrogen (secondary N) is 1. The molecule has 0 radical (unpaired) electrons. The number of benzene rings is 2. The lowest BCUT2D eigenvalue weighted by molar-refractivity contribution is -0.123. The zero-order chi connectivity index (χ0) is 24.1. The minimum Gasteiger partial charge on any atom is -0.491 e. The molecule has 2 aromatic carbocycles. The quantitative estimate of drug-likeness (QED) is 0.484. The molecular formula is C25H31FN4O3S. The number of hydrogen-bond acceptors (Lipinski definition) is 7. The van der Waals surface area contributed by atoms with Crippen LogP contribution >= 0.6 is 11.3 Å². The molecule has 4 rings (SSSR count). The lowest BCUT2D eigenvalue weighted by Gasteiger charge is -2.35. The van der Waals surface area contributed by atoms with Gasteiger partial charge in [-0.1, -0.05) is 12.1 Å². The van der Waals surface area contributed by atoms with Crippen molar-refractivity contribution in [1.29, 1.82) is 0 Å². The van der Waals surface area contributed by atoms with E-state index >= 15 is 0 Å². The van der Waals surface area contributed by atoms with E-state index in [4.69, 9.17) is 4.74 Å². The molecule has 0 unspecified atom stereocenters. The number of halogens is 1. The van der Waals surface area contributed by atoms with Gasteiger partial charge in [0, 0.05) is 38.8 Å². The Hall–Kier alpha value is -2.59. The summed E-state index contributed by atoms with van der Waals surface area (Å²) in [6.07, 6.45) is -0.598. The summed E-state index contributed by atoms with van der Waals surface area (Å²) in [5.74, 6) is 0.373. The molecule has 7 nitrogen and oxygen atoms in total. The lowest BCUT2D eigenvalue weighted by atomic mass is 10.1. The zero-order valence-electron chi connectivity index (χ0n) is 19.5. The van der Waals surface area contributed by atoms with Crippen LogP contribution in [0, 0.1) is 12.7 Å². The molecule has 3 aromatic rings. The Morgan fingerprint density at radius 2 is 1.88 bits per heavy atom. The van der Waals surface area contributed by atoms with Crippen LogP contribution in [0.4, 0.5) is 4.39 Å². The topological polar surface area (TPSA) is 77.9 Å². The number of nitrogens with zero attached hydrogens (tertiary/aromatic N) is 3. The highest BCUT2D eigenvalue weighted by atomic mass is 32.1. The minimum atomic E-state index is -0.598. The fourth-order valence-electron chi connectivity index (χ4n) is 4.11. The number of fused-ring (bicyclic) bond motifs is 1. The van der Waals surface area contributed by atoms with E-state index in [1.807, 2.05) is 32.0 Å².